The van der Waals surface area contributed by atoms with E-state index in [2.05, 4.69) is 0 Å². The van der Waals surface area contributed by atoms with Gasteiger partial charge in [-0.2, -0.15) is 0 Å². The molecule has 1 aliphatic heterocycles. The molecule has 0 bridgehead atoms. The van der Waals surface area contributed by atoms with Crippen LogP contribution in [0.1, 0.15) is 29.7 Å². The second-order valence-electron chi connectivity index (χ2n) is 6.19. The molecule has 1 aliphatic rings. The van der Waals surface area contributed by atoms with E-state index >= 15 is 0 Å². The molecule has 0 spiro atoms. The van der Waals surface area contributed by atoms with Gasteiger partial charge in [0, 0.05) is 6.54 Å². The zero-order valence-electron chi connectivity index (χ0n) is 14.7. The number of benzene rings is 2. The number of hydrogen-bond donors (Lipinski definition) is 0. The number of hydrogen-bond acceptors (Lipinski definition) is 3. The van der Waals surface area contributed by atoms with Gasteiger partial charge in [-0.25, -0.2) is 4.39 Å². The quantitative estimate of drug-likeness (QED) is 0.852. The Bertz CT molecular complexity index is 791. The highest BCUT2D eigenvalue weighted by atomic mass is 19.1. The number of carbonyl (C=O) groups excluding carboxylic acids is 1. The van der Waals surface area contributed by atoms with Crippen LogP contribution < -0.4 is 9.47 Å². The highest BCUT2D eigenvalue weighted by Gasteiger charge is 2.29. The van der Waals surface area contributed by atoms with Crippen LogP contribution in [0.15, 0.2) is 36.4 Å². The summed E-state index contributed by atoms with van der Waals surface area (Å²) in [5, 5.41) is 0. The molecule has 5 heteroatoms. The van der Waals surface area contributed by atoms with Crippen molar-refractivity contribution in [2.24, 2.45) is 0 Å². The molecule has 25 heavy (non-hydrogen) atoms. The van der Waals surface area contributed by atoms with Crippen molar-refractivity contribution < 1.29 is 18.7 Å². The Balaban J connectivity index is 1.84. The van der Waals surface area contributed by atoms with E-state index in [1.807, 2.05) is 19.1 Å². The van der Waals surface area contributed by atoms with Crippen LogP contribution in [0, 0.1) is 5.82 Å². The van der Waals surface area contributed by atoms with Gasteiger partial charge in [-0.1, -0.05) is 18.2 Å². The summed E-state index contributed by atoms with van der Waals surface area (Å²) in [6.45, 7) is 2.60. The number of methoxy groups -OCH3 is 2. The molecular formula is C20H22FNO3. The molecule has 0 aliphatic carbocycles. The van der Waals surface area contributed by atoms with Gasteiger partial charge in [0.2, 0.25) is 5.91 Å². The van der Waals surface area contributed by atoms with Gasteiger partial charge in [-0.3, -0.25) is 4.79 Å². The van der Waals surface area contributed by atoms with Gasteiger partial charge in [-0.05, 0) is 48.2 Å². The van der Waals surface area contributed by atoms with E-state index in [-0.39, 0.29) is 24.2 Å². The van der Waals surface area contributed by atoms with Gasteiger partial charge in [0.05, 0.1) is 26.7 Å². The molecule has 0 saturated heterocycles. The van der Waals surface area contributed by atoms with E-state index in [1.54, 1.807) is 37.3 Å². The van der Waals surface area contributed by atoms with Crippen molar-refractivity contribution in [1.82, 2.24) is 4.90 Å². The summed E-state index contributed by atoms with van der Waals surface area (Å²) in [6.07, 6.45) is 0.808. The van der Waals surface area contributed by atoms with Crippen molar-refractivity contribution in [3.63, 3.8) is 0 Å². The van der Waals surface area contributed by atoms with Gasteiger partial charge in [0.25, 0.3) is 0 Å². The average molecular weight is 343 g/mol. The summed E-state index contributed by atoms with van der Waals surface area (Å²) in [5.41, 5.74) is 2.63. The minimum Gasteiger partial charge on any atom is -0.493 e. The predicted octanol–water partition coefficient (Wildman–Crippen LogP) is 3.53. The first kappa shape index (κ1) is 17.3. The van der Waals surface area contributed by atoms with E-state index < -0.39 is 0 Å². The smallest absolute Gasteiger partial charge is 0.227 e. The number of ether oxygens (including phenoxy) is 2. The molecule has 0 saturated carbocycles. The fourth-order valence-corrected chi connectivity index (χ4v) is 3.39. The summed E-state index contributed by atoms with van der Waals surface area (Å²) in [4.78, 5) is 14.5. The zero-order chi connectivity index (χ0) is 18.0. The summed E-state index contributed by atoms with van der Waals surface area (Å²) in [5.74, 6) is 0.932. The Morgan fingerprint density at radius 3 is 2.56 bits per heavy atom. The topological polar surface area (TPSA) is 38.8 Å². The van der Waals surface area contributed by atoms with E-state index in [9.17, 15) is 9.18 Å². The van der Waals surface area contributed by atoms with Crippen molar-refractivity contribution in [3.05, 3.63) is 58.9 Å². The number of nitrogens with zero attached hydrogens (tertiary/aromatic N) is 1. The first-order valence-electron chi connectivity index (χ1n) is 8.32. The van der Waals surface area contributed by atoms with Crippen LogP contribution in [0.2, 0.25) is 0 Å². The Morgan fingerprint density at radius 2 is 1.88 bits per heavy atom. The van der Waals surface area contributed by atoms with Crippen molar-refractivity contribution in [1.29, 1.82) is 0 Å². The van der Waals surface area contributed by atoms with Crippen LogP contribution in [-0.4, -0.2) is 31.6 Å². The average Bonchev–Trinajstić information content (AvgIpc) is 2.62. The predicted molar refractivity (Wildman–Crippen MR) is 93.5 cm³/mol. The van der Waals surface area contributed by atoms with Crippen molar-refractivity contribution in [2.45, 2.75) is 25.8 Å². The fraction of sp³-hybridized carbons (Fsp3) is 0.350. The number of amides is 1. The van der Waals surface area contributed by atoms with Crippen LogP contribution in [0.25, 0.3) is 0 Å². The lowest BCUT2D eigenvalue weighted by molar-refractivity contribution is -0.133. The second-order valence-corrected chi connectivity index (χ2v) is 6.19. The van der Waals surface area contributed by atoms with Crippen molar-refractivity contribution in [3.8, 4) is 11.5 Å². The second kappa shape index (κ2) is 7.13. The maximum Gasteiger partial charge on any atom is 0.227 e. The Labute approximate surface area is 147 Å². The Morgan fingerprint density at radius 1 is 1.20 bits per heavy atom. The maximum absolute atomic E-state index is 13.8. The molecule has 1 amide bonds. The number of fused-ring (bicyclic) bond motifs is 1. The first-order valence-corrected chi connectivity index (χ1v) is 8.32. The number of carbonyl (C=O) groups is 1. The third-order valence-corrected chi connectivity index (χ3v) is 4.80. The van der Waals surface area contributed by atoms with Gasteiger partial charge in [0.1, 0.15) is 5.82 Å². The third-order valence-electron chi connectivity index (χ3n) is 4.80. The Kier molecular flexibility index (Phi) is 4.93. The van der Waals surface area contributed by atoms with Gasteiger partial charge >= 0.3 is 0 Å². The van der Waals surface area contributed by atoms with Crippen molar-refractivity contribution in [2.75, 3.05) is 20.8 Å². The molecule has 132 valence electrons. The highest BCUT2D eigenvalue weighted by Crippen LogP contribution is 2.38. The molecular weight excluding hydrogens is 321 g/mol. The minimum atomic E-state index is -0.340. The van der Waals surface area contributed by atoms with Gasteiger partial charge in [-0.15, -0.1) is 0 Å². The molecule has 2 aromatic rings. The lowest BCUT2D eigenvalue weighted by Gasteiger charge is -2.36. The van der Waals surface area contributed by atoms with Crippen LogP contribution in [0.4, 0.5) is 4.39 Å². The minimum absolute atomic E-state index is 0.0691. The zero-order valence-corrected chi connectivity index (χ0v) is 14.7. The fourth-order valence-electron chi connectivity index (χ4n) is 3.39. The molecule has 0 aromatic heterocycles. The maximum atomic E-state index is 13.8. The van der Waals surface area contributed by atoms with Crippen LogP contribution in [0.3, 0.4) is 0 Å². The molecule has 1 unspecified atom stereocenters. The van der Waals surface area contributed by atoms with E-state index in [0.29, 0.717) is 23.6 Å². The summed E-state index contributed by atoms with van der Waals surface area (Å²) in [7, 11) is 3.21. The molecule has 0 fully saturated rings. The van der Waals surface area contributed by atoms with E-state index in [0.717, 1.165) is 17.5 Å². The van der Waals surface area contributed by atoms with Gasteiger partial charge in [0.15, 0.2) is 11.5 Å². The molecule has 0 radical (unpaired) electrons. The third kappa shape index (κ3) is 3.31. The number of rotatable bonds is 4. The highest BCUT2D eigenvalue weighted by molar-refractivity contribution is 5.79. The van der Waals surface area contributed by atoms with Gasteiger partial charge < -0.3 is 14.4 Å². The normalized spacial score (nSPS) is 16.3. The summed E-state index contributed by atoms with van der Waals surface area (Å²) in [6, 6.07) is 10.2. The lowest BCUT2D eigenvalue weighted by Crippen LogP contribution is -2.39. The van der Waals surface area contributed by atoms with E-state index in [1.165, 1.54) is 6.07 Å². The summed E-state index contributed by atoms with van der Waals surface area (Å²) >= 11 is 0. The molecule has 3 rings (SSSR count). The molecule has 1 heterocycles. The monoisotopic (exact) mass is 343 g/mol. The van der Waals surface area contributed by atoms with E-state index in [4.69, 9.17) is 9.47 Å². The van der Waals surface area contributed by atoms with Crippen LogP contribution in [-0.2, 0) is 17.6 Å². The molecule has 4 nitrogen and oxygen atoms in total. The standard InChI is InChI=1S/C20H22FNO3/c1-13-16-12-19(25-3)18(24-2)10-14(16)8-9-22(13)20(23)11-15-6-4-5-7-17(15)21/h4-7,10,12-13H,8-9,11H2,1-3H3. The first-order chi connectivity index (χ1) is 12.0. The lowest BCUT2D eigenvalue weighted by atomic mass is 9.92. The van der Waals surface area contributed by atoms with Crippen molar-refractivity contribution >= 4 is 5.91 Å². The molecule has 1 atom stereocenters. The largest absolute Gasteiger partial charge is 0.493 e. The molecule has 0 N–H and O–H groups in total. The number of halogens is 1. The molecule has 2 aromatic carbocycles. The SMILES string of the molecule is COc1cc2c(cc1OC)C(C)N(C(=O)Cc1ccccc1F)CC2. The van der Waals surface area contributed by atoms with Crippen LogP contribution in [0.5, 0.6) is 11.5 Å². The Hall–Kier alpha value is -2.56. The summed E-state index contributed by atoms with van der Waals surface area (Å²) < 4.78 is 24.6. The van der Waals surface area contributed by atoms with Crippen LogP contribution >= 0.6 is 0 Å².